The normalized spacial score (nSPS) is 10.8. The van der Waals surface area contributed by atoms with Crippen LogP contribution in [0.2, 0.25) is 0 Å². The van der Waals surface area contributed by atoms with Crippen LogP contribution >= 0.6 is 0 Å². The highest BCUT2D eigenvalue weighted by molar-refractivity contribution is 5.92. The van der Waals surface area contributed by atoms with Crippen molar-refractivity contribution in [3.8, 4) is 0 Å². The Hall–Kier alpha value is -0.790. The van der Waals surface area contributed by atoms with Crippen molar-refractivity contribution in [1.82, 2.24) is 5.32 Å². The molecule has 0 heterocycles. The van der Waals surface area contributed by atoms with E-state index < -0.39 is 0 Å². The first-order valence-electron chi connectivity index (χ1n) is 3.31. The van der Waals surface area contributed by atoms with Crippen LogP contribution in [0, 0.1) is 0 Å². The molecule has 0 spiro atoms. The minimum Gasteiger partial charge on any atom is -0.348 e. The lowest BCUT2D eigenvalue weighted by Gasteiger charge is -2.20. The Morgan fingerprint density at radius 1 is 1.40 bits per heavy atom. The molecule has 58 valence electrons. The molecule has 1 amide bonds. The molecule has 0 radical (unpaired) electrons. The minimum absolute atomic E-state index is 0.0764. The quantitative estimate of drug-likeness (QED) is 0.550. The van der Waals surface area contributed by atoms with Gasteiger partial charge >= 0.3 is 0 Å². The molecule has 2 nitrogen and oxygen atoms in total. The van der Waals surface area contributed by atoms with E-state index in [9.17, 15) is 4.79 Å². The fourth-order valence-electron chi connectivity index (χ4n) is 0.447. The molecule has 0 aliphatic heterocycles. The summed E-state index contributed by atoms with van der Waals surface area (Å²) in [5, 5.41) is 2.78. The number of rotatable bonds is 1. The minimum atomic E-state index is -0.157. The molecule has 0 aliphatic rings. The van der Waals surface area contributed by atoms with Gasteiger partial charge in [0, 0.05) is 11.1 Å². The fraction of sp³-hybridized carbons (Fsp3) is 0.625. The topological polar surface area (TPSA) is 29.1 Å². The Kier molecular flexibility index (Phi) is 2.64. The van der Waals surface area contributed by atoms with Crippen LogP contribution in [0.15, 0.2) is 12.2 Å². The molecule has 1 N–H and O–H groups in total. The van der Waals surface area contributed by atoms with Crippen molar-refractivity contribution in [2.45, 2.75) is 33.2 Å². The van der Waals surface area contributed by atoms with Crippen LogP contribution in [0.25, 0.3) is 0 Å². The molecule has 0 aliphatic carbocycles. The molecule has 0 saturated carbocycles. The van der Waals surface area contributed by atoms with E-state index in [2.05, 4.69) is 11.9 Å². The summed E-state index contributed by atoms with van der Waals surface area (Å²) >= 11 is 0. The third-order valence-corrected chi connectivity index (χ3v) is 0.876. The highest BCUT2D eigenvalue weighted by Crippen LogP contribution is 2.00. The number of hydrogen-bond acceptors (Lipinski definition) is 1. The van der Waals surface area contributed by atoms with Crippen LogP contribution in [0.3, 0.4) is 0 Å². The van der Waals surface area contributed by atoms with E-state index in [0.29, 0.717) is 5.57 Å². The molecule has 0 saturated heterocycles. The highest BCUT2D eigenvalue weighted by atomic mass is 16.1. The molecule has 0 unspecified atom stereocenters. The van der Waals surface area contributed by atoms with Gasteiger partial charge in [-0.15, -0.1) is 0 Å². The molecular weight excluding hydrogens is 126 g/mol. The van der Waals surface area contributed by atoms with Crippen LogP contribution in [0.5, 0.6) is 0 Å². The third kappa shape index (κ3) is 4.13. The summed E-state index contributed by atoms with van der Waals surface area (Å²) in [5.74, 6) is -0.0764. The molecule has 0 aromatic heterocycles. The first-order valence-corrected chi connectivity index (χ1v) is 3.31. The maximum Gasteiger partial charge on any atom is 0.246 e. The summed E-state index contributed by atoms with van der Waals surface area (Å²) in [6.07, 6.45) is 0. The smallest absolute Gasteiger partial charge is 0.246 e. The summed E-state index contributed by atoms with van der Waals surface area (Å²) in [7, 11) is 0. The zero-order chi connectivity index (χ0) is 8.36. The van der Waals surface area contributed by atoms with Crippen LogP contribution in [0.4, 0.5) is 0 Å². The standard InChI is InChI=1S/C8H15NO/c1-6(2)7(10)9-8(3,4)5/h1H2,2-5H3,(H,9,10). The summed E-state index contributed by atoms with van der Waals surface area (Å²) in [6, 6.07) is 0. The van der Waals surface area contributed by atoms with Crippen molar-refractivity contribution in [3.63, 3.8) is 0 Å². The van der Waals surface area contributed by atoms with Gasteiger partial charge in [0.1, 0.15) is 0 Å². The van der Waals surface area contributed by atoms with Gasteiger partial charge in [0.05, 0.1) is 0 Å². The van der Waals surface area contributed by atoms with Crippen molar-refractivity contribution in [2.75, 3.05) is 0 Å². The maximum absolute atomic E-state index is 10.9. The first-order chi connectivity index (χ1) is 4.33. The van der Waals surface area contributed by atoms with Crippen LogP contribution in [-0.2, 0) is 4.79 Å². The van der Waals surface area contributed by atoms with Gasteiger partial charge in [-0.2, -0.15) is 0 Å². The van der Waals surface area contributed by atoms with Crippen LogP contribution < -0.4 is 5.32 Å². The van der Waals surface area contributed by atoms with E-state index in [1.807, 2.05) is 20.8 Å². The molecular formula is C8H15NO. The van der Waals surface area contributed by atoms with Crippen molar-refractivity contribution >= 4 is 5.91 Å². The number of carbonyl (C=O) groups is 1. The van der Waals surface area contributed by atoms with Gasteiger partial charge in [0.25, 0.3) is 0 Å². The SMILES string of the molecule is C=C(C)C(=O)NC(C)(C)C. The molecule has 0 bridgehead atoms. The van der Waals surface area contributed by atoms with Crippen LogP contribution in [0.1, 0.15) is 27.7 Å². The molecule has 0 fully saturated rings. The summed E-state index contributed by atoms with van der Waals surface area (Å²) in [6.45, 7) is 11.0. The average Bonchev–Trinajstić information content (AvgIpc) is 1.60. The lowest BCUT2D eigenvalue weighted by atomic mass is 10.1. The van der Waals surface area contributed by atoms with Gasteiger partial charge in [0.15, 0.2) is 0 Å². The fourth-order valence-corrected chi connectivity index (χ4v) is 0.447. The highest BCUT2D eigenvalue weighted by Gasteiger charge is 2.12. The second-order valence-corrected chi connectivity index (χ2v) is 3.48. The number of hydrogen-bond donors (Lipinski definition) is 1. The molecule has 2 heteroatoms. The monoisotopic (exact) mass is 141 g/mol. The molecule has 0 atom stereocenters. The first kappa shape index (κ1) is 9.21. The van der Waals surface area contributed by atoms with Crippen LogP contribution in [-0.4, -0.2) is 11.4 Å². The summed E-state index contributed by atoms with van der Waals surface area (Å²) in [5.41, 5.74) is 0.394. The molecule has 0 aromatic rings. The molecule has 10 heavy (non-hydrogen) atoms. The Morgan fingerprint density at radius 2 is 1.80 bits per heavy atom. The number of amides is 1. The third-order valence-electron chi connectivity index (χ3n) is 0.876. The van der Waals surface area contributed by atoms with E-state index in [-0.39, 0.29) is 11.4 Å². The lowest BCUT2D eigenvalue weighted by molar-refractivity contribution is -0.118. The van der Waals surface area contributed by atoms with Crippen molar-refractivity contribution in [1.29, 1.82) is 0 Å². The predicted octanol–water partition coefficient (Wildman–Crippen LogP) is 1.48. The van der Waals surface area contributed by atoms with Crippen molar-refractivity contribution in [3.05, 3.63) is 12.2 Å². The Morgan fingerprint density at radius 3 is 1.90 bits per heavy atom. The molecule has 0 rings (SSSR count). The average molecular weight is 141 g/mol. The van der Waals surface area contributed by atoms with E-state index in [4.69, 9.17) is 0 Å². The van der Waals surface area contributed by atoms with E-state index >= 15 is 0 Å². The zero-order valence-electron chi connectivity index (χ0n) is 7.12. The van der Waals surface area contributed by atoms with Gasteiger partial charge in [0.2, 0.25) is 5.91 Å². The van der Waals surface area contributed by atoms with E-state index in [0.717, 1.165) is 0 Å². The second-order valence-electron chi connectivity index (χ2n) is 3.48. The van der Waals surface area contributed by atoms with Gasteiger partial charge in [-0.3, -0.25) is 4.79 Å². The summed E-state index contributed by atoms with van der Waals surface area (Å²) < 4.78 is 0. The van der Waals surface area contributed by atoms with Gasteiger partial charge in [-0.1, -0.05) is 6.58 Å². The zero-order valence-corrected chi connectivity index (χ0v) is 7.12. The Bertz CT molecular complexity index is 153. The lowest BCUT2D eigenvalue weighted by Crippen LogP contribution is -2.40. The van der Waals surface area contributed by atoms with E-state index in [1.54, 1.807) is 6.92 Å². The van der Waals surface area contributed by atoms with Crippen molar-refractivity contribution in [2.24, 2.45) is 0 Å². The molecule has 0 aromatic carbocycles. The van der Waals surface area contributed by atoms with Gasteiger partial charge < -0.3 is 5.32 Å². The number of carbonyl (C=O) groups excluding carboxylic acids is 1. The van der Waals surface area contributed by atoms with E-state index in [1.165, 1.54) is 0 Å². The maximum atomic E-state index is 10.9. The second kappa shape index (κ2) is 2.86. The number of nitrogens with one attached hydrogen (secondary N) is 1. The van der Waals surface area contributed by atoms with Gasteiger partial charge in [-0.05, 0) is 27.7 Å². The van der Waals surface area contributed by atoms with Crippen molar-refractivity contribution < 1.29 is 4.79 Å². The Labute approximate surface area is 62.3 Å². The Balaban J connectivity index is 3.93. The van der Waals surface area contributed by atoms with Gasteiger partial charge in [-0.25, -0.2) is 0 Å². The predicted molar refractivity (Wildman–Crippen MR) is 42.7 cm³/mol. The summed E-state index contributed by atoms with van der Waals surface area (Å²) in [4.78, 5) is 10.9. The largest absolute Gasteiger partial charge is 0.348 e.